The summed E-state index contributed by atoms with van der Waals surface area (Å²) in [4.78, 5) is 23.4. The Bertz CT molecular complexity index is 956. The van der Waals surface area contributed by atoms with Gasteiger partial charge in [-0.1, -0.05) is 52.0 Å². The van der Waals surface area contributed by atoms with E-state index in [4.69, 9.17) is 0 Å². The molecule has 32 heavy (non-hydrogen) atoms. The fourth-order valence-electron chi connectivity index (χ4n) is 3.51. The number of hydrogen-bond donors (Lipinski definition) is 2. The van der Waals surface area contributed by atoms with Crippen molar-refractivity contribution >= 4 is 32.0 Å². The van der Waals surface area contributed by atoms with Crippen molar-refractivity contribution in [3.05, 3.63) is 35.4 Å². The zero-order valence-electron chi connectivity index (χ0n) is 19.1. The lowest BCUT2D eigenvalue weighted by atomic mass is 10.0. The van der Waals surface area contributed by atoms with Crippen molar-refractivity contribution in [1.82, 2.24) is 8.61 Å². The Hall–Kier alpha value is -2.02. The summed E-state index contributed by atoms with van der Waals surface area (Å²) in [6, 6.07) is 3.78. The summed E-state index contributed by atoms with van der Waals surface area (Å²) in [7, 11) is -7.76. The molecule has 2 atom stereocenters. The largest absolute Gasteiger partial charge is 0.480 e. The minimum absolute atomic E-state index is 0.229. The van der Waals surface area contributed by atoms with Crippen molar-refractivity contribution in [2.24, 2.45) is 11.8 Å². The molecule has 0 spiro atoms. The van der Waals surface area contributed by atoms with Crippen molar-refractivity contribution in [2.45, 2.75) is 52.9 Å². The minimum Gasteiger partial charge on any atom is -0.480 e. The molecule has 0 unspecified atom stereocenters. The molecule has 0 aliphatic heterocycles. The molecule has 0 radical (unpaired) electrons. The van der Waals surface area contributed by atoms with E-state index in [0.717, 1.165) is 21.1 Å². The summed E-state index contributed by atoms with van der Waals surface area (Å²) >= 11 is 0. The predicted octanol–water partition coefficient (Wildman–Crippen LogP) is 1.43. The third-order valence-corrected chi connectivity index (χ3v) is 7.33. The van der Waals surface area contributed by atoms with Crippen LogP contribution in [0.25, 0.3) is 0 Å². The third-order valence-electron chi connectivity index (χ3n) is 4.91. The molecular formula is C20H32N2O8S2. The second-order valence-corrected chi connectivity index (χ2v) is 12.4. The topological polar surface area (TPSA) is 149 Å². The van der Waals surface area contributed by atoms with E-state index in [2.05, 4.69) is 0 Å². The van der Waals surface area contributed by atoms with E-state index in [1.165, 1.54) is 0 Å². The molecule has 0 aromatic heterocycles. The molecule has 1 aromatic carbocycles. The number of aliphatic carboxylic acids is 2. The fraction of sp³-hybridized carbons (Fsp3) is 0.600. The lowest BCUT2D eigenvalue weighted by molar-refractivity contribution is -0.144. The average molecular weight is 493 g/mol. The normalized spacial score (nSPS) is 14.8. The van der Waals surface area contributed by atoms with Crippen LogP contribution in [0, 0.1) is 11.8 Å². The molecule has 0 aliphatic rings. The van der Waals surface area contributed by atoms with Crippen molar-refractivity contribution < 1.29 is 36.6 Å². The number of hydrogen-bond acceptors (Lipinski definition) is 6. The molecule has 0 bridgehead atoms. The smallest absolute Gasteiger partial charge is 0.322 e. The molecule has 1 rings (SSSR count). The van der Waals surface area contributed by atoms with Gasteiger partial charge in [0.05, 0.1) is 12.5 Å². The maximum Gasteiger partial charge on any atom is 0.322 e. The van der Waals surface area contributed by atoms with Gasteiger partial charge in [0, 0.05) is 13.1 Å². The van der Waals surface area contributed by atoms with Crippen LogP contribution in [0.4, 0.5) is 0 Å². The number of carbonyl (C=O) groups is 2. The standard InChI is InChI=1S/C20H32N2O8S2/c1-13(2)17(19(23)24)21(31(5,27)28)11-15-8-7-9-16(10-15)12-22(32(6,29)30)18(14(3)4)20(25)26/h7-10,13-14,17-18H,11-12H2,1-6H3,(H,23,24)(H,25,26)/t17-,18-/m0/s1. The van der Waals surface area contributed by atoms with Gasteiger partial charge in [0.15, 0.2) is 0 Å². The van der Waals surface area contributed by atoms with Crippen LogP contribution < -0.4 is 0 Å². The summed E-state index contributed by atoms with van der Waals surface area (Å²) in [5.74, 6) is -3.53. The predicted molar refractivity (Wildman–Crippen MR) is 120 cm³/mol. The highest BCUT2D eigenvalue weighted by Gasteiger charge is 2.36. The van der Waals surface area contributed by atoms with Crippen LogP contribution in [0.1, 0.15) is 38.8 Å². The quantitative estimate of drug-likeness (QED) is 0.445. The first kappa shape index (κ1) is 28.0. The Morgan fingerprint density at radius 1 is 0.781 bits per heavy atom. The van der Waals surface area contributed by atoms with Gasteiger partial charge in [0.1, 0.15) is 12.1 Å². The van der Waals surface area contributed by atoms with E-state index in [1.54, 1.807) is 52.0 Å². The molecule has 0 saturated heterocycles. The van der Waals surface area contributed by atoms with Gasteiger partial charge in [-0.15, -0.1) is 0 Å². The number of benzene rings is 1. The molecule has 0 aliphatic carbocycles. The summed E-state index contributed by atoms with van der Waals surface area (Å²) in [5.41, 5.74) is 0.898. The molecule has 2 N–H and O–H groups in total. The third kappa shape index (κ3) is 7.54. The zero-order chi connectivity index (χ0) is 25.0. The first-order valence-corrected chi connectivity index (χ1v) is 13.6. The summed E-state index contributed by atoms with van der Waals surface area (Å²) in [6.07, 6.45) is 1.86. The highest BCUT2D eigenvalue weighted by molar-refractivity contribution is 7.88. The molecule has 0 amide bonds. The average Bonchev–Trinajstić information content (AvgIpc) is 2.58. The van der Waals surface area contributed by atoms with Crippen molar-refractivity contribution in [2.75, 3.05) is 12.5 Å². The Morgan fingerprint density at radius 3 is 1.31 bits per heavy atom. The van der Waals surface area contributed by atoms with Gasteiger partial charge in [0.25, 0.3) is 0 Å². The molecular weight excluding hydrogens is 460 g/mol. The Balaban J connectivity index is 3.37. The summed E-state index contributed by atoms with van der Waals surface area (Å²) in [5, 5.41) is 19.1. The van der Waals surface area contributed by atoms with Gasteiger partial charge in [0.2, 0.25) is 20.0 Å². The number of carboxylic acid groups (broad SMARTS) is 2. The number of nitrogens with zero attached hydrogens (tertiary/aromatic N) is 2. The van der Waals surface area contributed by atoms with E-state index in [9.17, 15) is 36.6 Å². The number of rotatable bonds is 12. The molecule has 0 heterocycles. The number of sulfonamides is 2. The fourth-order valence-corrected chi connectivity index (χ4v) is 5.77. The molecule has 0 fully saturated rings. The van der Waals surface area contributed by atoms with Crippen LogP contribution in [0.15, 0.2) is 24.3 Å². The molecule has 0 saturated carbocycles. The highest BCUT2D eigenvalue weighted by atomic mass is 32.2. The maximum absolute atomic E-state index is 12.3. The highest BCUT2D eigenvalue weighted by Crippen LogP contribution is 2.22. The second kappa shape index (κ2) is 10.7. The molecule has 12 heteroatoms. The van der Waals surface area contributed by atoms with Crippen LogP contribution in [-0.4, -0.2) is 72.2 Å². The summed E-state index contributed by atoms with van der Waals surface area (Å²) < 4.78 is 51.1. The van der Waals surface area contributed by atoms with E-state index >= 15 is 0 Å². The SMILES string of the molecule is CC(C)[C@@H](C(=O)O)N(Cc1cccc(CN([C@H](C(=O)O)C(C)C)S(C)(=O)=O)c1)S(C)(=O)=O. The van der Waals surface area contributed by atoms with E-state index in [1.807, 2.05) is 0 Å². The van der Waals surface area contributed by atoms with Crippen LogP contribution in [-0.2, 0) is 42.7 Å². The number of carboxylic acids is 2. The van der Waals surface area contributed by atoms with E-state index in [-0.39, 0.29) is 13.1 Å². The van der Waals surface area contributed by atoms with Crippen molar-refractivity contribution in [1.29, 1.82) is 0 Å². The van der Waals surface area contributed by atoms with Crippen LogP contribution in [0.5, 0.6) is 0 Å². The van der Waals surface area contributed by atoms with Gasteiger partial charge in [-0.25, -0.2) is 16.8 Å². The first-order valence-electron chi connectivity index (χ1n) is 9.93. The van der Waals surface area contributed by atoms with Gasteiger partial charge in [-0.3, -0.25) is 9.59 Å². The molecule has 1 aromatic rings. The molecule has 182 valence electrons. The lowest BCUT2D eigenvalue weighted by Crippen LogP contribution is -2.47. The van der Waals surface area contributed by atoms with E-state index < -0.39 is 55.9 Å². The lowest BCUT2D eigenvalue weighted by Gasteiger charge is -2.30. The Kier molecular flexibility index (Phi) is 9.39. The Morgan fingerprint density at radius 2 is 1.09 bits per heavy atom. The minimum atomic E-state index is -3.88. The van der Waals surface area contributed by atoms with Crippen LogP contribution >= 0.6 is 0 Å². The van der Waals surface area contributed by atoms with Gasteiger partial charge in [-0.2, -0.15) is 8.61 Å². The zero-order valence-corrected chi connectivity index (χ0v) is 20.7. The van der Waals surface area contributed by atoms with Gasteiger partial charge in [-0.05, 0) is 23.0 Å². The van der Waals surface area contributed by atoms with Gasteiger partial charge < -0.3 is 10.2 Å². The molecule has 10 nitrogen and oxygen atoms in total. The second-order valence-electron chi connectivity index (χ2n) is 8.49. The Labute approximate surface area is 189 Å². The van der Waals surface area contributed by atoms with Crippen molar-refractivity contribution in [3.63, 3.8) is 0 Å². The first-order chi connectivity index (χ1) is 14.5. The van der Waals surface area contributed by atoms with Crippen molar-refractivity contribution in [3.8, 4) is 0 Å². The van der Waals surface area contributed by atoms with E-state index in [0.29, 0.717) is 11.1 Å². The van der Waals surface area contributed by atoms with Gasteiger partial charge >= 0.3 is 11.9 Å². The monoisotopic (exact) mass is 492 g/mol. The maximum atomic E-state index is 12.3. The van der Waals surface area contributed by atoms with Crippen LogP contribution in [0.2, 0.25) is 0 Å². The van der Waals surface area contributed by atoms with Crippen LogP contribution in [0.3, 0.4) is 0 Å². The summed E-state index contributed by atoms with van der Waals surface area (Å²) in [6.45, 7) is 5.97.